The van der Waals surface area contributed by atoms with E-state index in [4.69, 9.17) is 9.47 Å². The highest BCUT2D eigenvalue weighted by atomic mass is 35.5. The van der Waals surface area contributed by atoms with Gasteiger partial charge in [0.2, 0.25) is 0 Å². The van der Waals surface area contributed by atoms with Crippen LogP contribution in [0.4, 0.5) is 4.39 Å². The number of morpholine rings is 1. The molecule has 90 valence electrons. The van der Waals surface area contributed by atoms with Gasteiger partial charge in [-0.15, -0.1) is 12.4 Å². The summed E-state index contributed by atoms with van der Waals surface area (Å²) in [5.74, 6) is 0.315. The Hall–Kier alpha value is -0.840. The second-order valence-corrected chi connectivity index (χ2v) is 3.44. The van der Waals surface area contributed by atoms with Gasteiger partial charge in [-0.25, -0.2) is 4.39 Å². The maximum Gasteiger partial charge on any atom is 0.131 e. The van der Waals surface area contributed by atoms with Gasteiger partial charge in [-0.3, -0.25) is 0 Å². The lowest BCUT2D eigenvalue weighted by Crippen LogP contribution is -2.35. The minimum absolute atomic E-state index is 0. The molecule has 1 aliphatic rings. The van der Waals surface area contributed by atoms with Gasteiger partial charge < -0.3 is 14.8 Å². The van der Waals surface area contributed by atoms with E-state index in [0.717, 1.165) is 6.54 Å². The summed E-state index contributed by atoms with van der Waals surface area (Å²) >= 11 is 0. The molecule has 0 aromatic heterocycles. The highest BCUT2D eigenvalue weighted by Gasteiger charge is 2.22. The van der Waals surface area contributed by atoms with Crippen LogP contribution in [-0.4, -0.2) is 26.9 Å². The van der Waals surface area contributed by atoms with Crippen molar-refractivity contribution in [1.29, 1.82) is 0 Å². The molecule has 1 fully saturated rings. The molecule has 0 saturated carbocycles. The van der Waals surface area contributed by atoms with Crippen molar-refractivity contribution in [2.24, 2.45) is 0 Å². The fourth-order valence-electron chi connectivity index (χ4n) is 1.78. The molecule has 0 spiro atoms. The molecular weight excluding hydrogens is 233 g/mol. The number of halogens is 2. The van der Waals surface area contributed by atoms with Gasteiger partial charge in [-0.05, 0) is 12.1 Å². The summed E-state index contributed by atoms with van der Waals surface area (Å²) < 4.78 is 24.1. The lowest BCUT2D eigenvalue weighted by Gasteiger charge is -2.25. The second-order valence-electron chi connectivity index (χ2n) is 3.44. The predicted molar refractivity (Wildman–Crippen MR) is 61.8 cm³/mol. The first kappa shape index (κ1) is 13.2. The highest BCUT2D eigenvalue weighted by molar-refractivity contribution is 5.85. The Morgan fingerprint density at radius 3 is 2.94 bits per heavy atom. The van der Waals surface area contributed by atoms with Gasteiger partial charge in [-0.2, -0.15) is 0 Å². The van der Waals surface area contributed by atoms with Crippen molar-refractivity contribution in [3.8, 4) is 5.75 Å². The number of ether oxygens (including phenoxy) is 2. The van der Waals surface area contributed by atoms with E-state index in [9.17, 15) is 4.39 Å². The molecular formula is C11H15ClFNO2. The zero-order valence-electron chi connectivity index (χ0n) is 9.03. The molecule has 0 unspecified atom stereocenters. The van der Waals surface area contributed by atoms with Crippen LogP contribution in [0.3, 0.4) is 0 Å². The average molecular weight is 248 g/mol. The van der Waals surface area contributed by atoms with Crippen molar-refractivity contribution in [3.05, 3.63) is 29.6 Å². The van der Waals surface area contributed by atoms with E-state index in [0.29, 0.717) is 24.5 Å². The van der Waals surface area contributed by atoms with Gasteiger partial charge in [0.05, 0.1) is 26.4 Å². The van der Waals surface area contributed by atoms with Gasteiger partial charge >= 0.3 is 0 Å². The summed E-state index contributed by atoms with van der Waals surface area (Å²) in [6.07, 6.45) is 0. The Morgan fingerprint density at radius 2 is 2.31 bits per heavy atom. The lowest BCUT2D eigenvalue weighted by molar-refractivity contribution is 0.0748. The van der Waals surface area contributed by atoms with E-state index in [2.05, 4.69) is 5.32 Å². The molecule has 1 atom stereocenters. The zero-order valence-corrected chi connectivity index (χ0v) is 9.85. The third-order valence-corrected chi connectivity index (χ3v) is 2.50. The topological polar surface area (TPSA) is 30.5 Å². The summed E-state index contributed by atoms with van der Waals surface area (Å²) in [7, 11) is 1.54. The van der Waals surface area contributed by atoms with Gasteiger partial charge in [-0.1, -0.05) is 6.07 Å². The monoisotopic (exact) mass is 247 g/mol. The largest absolute Gasteiger partial charge is 0.496 e. The summed E-state index contributed by atoms with van der Waals surface area (Å²) in [6.45, 7) is 1.90. The molecule has 16 heavy (non-hydrogen) atoms. The van der Waals surface area contributed by atoms with E-state index in [1.54, 1.807) is 19.2 Å². The number of rotatable bonds is 2. The molecule has 1 saturated heterocycles. The van der Waals surface area contributed by atoms with Crippen molar-refractivity contribution in [1.82, 2.24) is 5.32 Å². The quantitative estimate of drug-likeness (QED) is 0.866. The average Bonchev–Trinajstić information content (AvgIpc) is 2.29. The number of methoxy groups -OCH3 is 1. The first-order valence-corrected chi connectivity index (χ1v) is 4.96. The molecule has 0 radical (unpaired) electrons. The van der Waals surface area contributed by atoms with Crippen LogP contribution in [0.5, 0.6) is 5.75 Å². The number of benzene rings is 1. The van der Waals surface area contributed by atoms with Gasteiger partial charge in [0.15, 0.2) is 0 Å². The molecule has 2 rings (SSSR count). The summed E-state index contributed by atoms with van der Waals surface area (Å²) in [5.41, 5.74) is 0.555. The van der Waals surface area contributed by atoms with Crippen LogP contribution in [-0.2, 0) is 4.74 Å². The number of hydrogen-bond donors (Lipinski definition) is 1. The SMILES string of the molecule is COc1cccc(F)c1[C@H]1COCCN1.Cl. The number of nitrogens with one attached hydrogen (secondary N) is 1. The van der Waals surface area contributed by atoms with E-state index < -0.39 is 0 Å². The molecule has 5 heteroatoms. The molecule has 1 heterocycles. The van der Waals surface area contributed by atoms with Crippen LogP contribution in [0.15, 0.2) is 18.2 Å². The molecule has 1 aromatic carbocycles. The summed E-state index contributed by atoms with van der Waals surface area (Å²) in [5, 5.41) is 3.21. The molecule has 1 aliphatic heterocycles. The van der Waals surface area contributed by atoms with Crippen LogP contribution >= 0.6 is 12.4 Å². The molecule has 0 aliphatic carbocycles. The van der Waals surface area contributed by atoms with E-state index in [-0.39, 0.29) is 24.3 Å². The first-order chi connectivity index (χ1) is 7.33. The summed E-state index contributed by atoms with van der Waals surface area (Å²) in [6, 6.07) is 4.72. The van der Waals surface area contributed by atoms with E-state index in [1.807, 2.05) is 0 Å². The van der Waals surface area contributed by atoms with Gasteiger partial charge in [0.1, 0.15) is 11.6 Å². The van der Waals surface area contributed by atoms with Crippen LogP contribution in [0.2, 0.25) is 0 Å². The molecule has 3 nitrogen and oxygen atoms in total. The van der Waals surface area contributed by atoms with Crippen molar-refractivity contribution in [2.75, 3.05) is 26.9 Å². The highest BCUT2D eigenvalue weighted by Crippen LogP contribution is 2.28. The van der Waals surface area contributed by atoms with E-state index in [1.165, 1.54) is 6.07 Å². The summed E-state index contributed by atoms with van der Waals surface area (Å²) in [4.78, 5) is 0. The standard InChI is InChI=1S/C11H14FNO2.ClH/c1-14-10-4-2-3-8(12)11(10)9-7-15-6-5-13-9;/h2-4,9,13H,5-7H2,1H3;1H/t9-;/m1./s1. The Bertz CT molecular complexity index is 343. The minimum Gasteiger partial charge on any atom is -0.496 e. The van der Waals surface area contributed by atoms with Crippen LogP contribution in [0.25, 0.3) is 0 Å². The van der Waals surface area contributed by atoms with Gasteiger partial charge in [0.25, 0.3) is 0 Å². The Kier molecular flexibility index (Phi) is 4.99. The smallest absolute Gasteiger partial charge is 0.131 e. The minimum atomic E-state index is -0.252. The Morgan fingerprint density at radius 1 is 1.50 bits per heavy atom. The van der Waals surface area contributed by atoms with Crippen LogP contribution < -0.4 is 10.1 Å². The lowest BCUT2D eigenvalue weighted by atomic mass is 10.0. The van der Waals surface area contributed by atoms with Crippen LogP contribution in [0, 0.1) is 5.82 Å². The second kappa shape index (κ2) is 6.03. The molecule has 0 amide bonds. The zero-order chi connectivity index (χ0) is 10.7. The third kappa shape index (κ3) is 2.64. The first-order valence-electron chi connectivity index (χ1n) is 4.96. The maximum absolute atomic E-state index is 13.6. The molecule has 1 aromatic rings. The fraction of sp³-hybridized carbons (Fsp3) is 0.455. The van der Waals surface area contributed by atoms with Gasteiger partial charge in [0, 0.05) is 12.1 Å². The number of hydrogen-bond acceptors (Lipinski definition) is 3. The Balaban J connectivity index is 0.00000128. The maximum atomic E-state index is 13.6. The normalized spacial score (nSPS) is 20.0. The molecule has 0 bridgehead atoms. The van der Waals surface area contributed by atoms with Crippen molar-refractivity contribution in [2.45, 2.75) is 6.04 Å². The fourth-order valence-corrected chi connectivity index (χ4v) is 1.78. The van der Waals surface area contributed by atoms with Crippen molar-refractivity contribution in [3.63, 3.8) is 0 Å². The van der Waals surface area contributed by atoms with Crippen molar-refractivity contribution < 1.29 is 13.9 Å². The van der Waals surface area contributed by atoms with Crippen LogP contribution in [0.1, 0.15) is 11.6 Å². The van der Waals surface area contributed by atoms with E-state index >= 15 is 0 Å². The predicted octanol–water partition coefficient (Wildman–Crippen LogP) is 1.92. The molecule has 1 N–H and O–H groups in total. The Labute approximate surface area is 100 Å². The third-order valence-electron chi connectivity index (χ3n) is 2.50. The van der Waals surface area contributed by atoms with Crippen molar-refractivity contribution >= 4 is 12.4 Å².